The molecule has 3 rings (SSSR count). The average molecular weight is 504 g/mol. The molecule has 3 N–H and O–H groups in total. The van der Waals surface area contributed by atoms with Crippen molar-refractivity contribution in [1.29, 1.82) is 0 Å². The van der Waals surface area contributed by atoms with Gasteiger partial charge in [-0.1, -0.05) is 35.8 Å². The van der Waals surface area contributed by atoms with Crippen LogP contribution in [0.15, 0.2) is 40.9 Å². The Morgan fingerprint density at radius 3 is 2.58 bits per heavy atom. The molecular formula is C23H26BrN3O3S. The second kappa shape index (κ2) is 10.2. The van der Waals surface area contributed by atoms with E-state index in [9.17, 15) is 9.59 Å². The first-order valence-corrected chi connectivity index (χ1v) is 11.4. The molecule has 1 fully saturated rings. The number of hydrogen-bond donors (Lipinski definition) is 3. The van der Waals surface area contributed by atoms with Crippen LogP contribution in [0.25, 0.3) is 0 Å². The third-order valence-corrected chi connectivity index (χ3v) is 5.38. The monoisotopic (exact) mass is 503 g/mol. The summed E-state index contributed by atoms with van der Waals surface area (Å²) in [4.78, 5) is 24.9. The molecule has 2 aromatic carbocycles. The summed E-state index contributed by atoms with van der Waals surface area (Å²) < 4.78 is 6.55. The van der Waals surface area contributed by atoms with Crippen LogP contribution >= 0.6 is 28.1 Å². The zero-order valence-electron chi connectivity index (χ0n) is 17.8. The van der Waals surface area contributed by atoms with Gasteiger partial charge in [-0.2, -0.15) is 0 Å². The second-order valence-corrected chi connectivity index (χ2v) is 9.37. The number of benzene rings is 2. The molecule has 0 aliphatic heterocycles. The van der Waals surface area contributed by atoms with E-state index in [0.717, 1.165) is 28.6 Å². The predicted molar refractivity (Wildman–Crippen MR) is 131 cm³/mol. The Labute approximate surface area is 196 Å². The van der Waals surface area contributed by atoms with E-state index in [1.165, 1.54) is 0 Å². The number of carbonyl (C=O) groups excluding carboxylic acids is 2. The molecule has 0 saturated heterocycles. The molecule has 0 aromatic heterocycles. The SMILES string of the molecule is Cc1ccc(NC(=S)NC(=O)c2cc(Br)ccc2OCC(C)C)cc1NC(=O)C1CC1. The number of thiocarbonyl (C=S) groups is 1. The Morgan fingerprint density at radius 2 is 1.90 bits per heavy atom. The number of nitrogens with one attached hydrogen (secondary N) is 3. The van der Waals surface area contributed by atoms with Gasteiger partial charge in [0, 0.05) is 21.8 Å². The van der Waals surface area contributed by atoms with Gasteiger partial charge in [-0.15, -0.1) is 0 Å². The van der Waals surface area contributed by atoms with Crippen molar-refractivity contribution in [3.8, 4) is 5.75 Å². The fourth-order valence-corrected chi connectivity index (χ4v) is 3.38. The lowest BCUT2D eigenvalue weighted by atomic mass is 10.1. The minimum atomic E-state index is -0.369. The van der Waals surface area contributed by atoms with Crippen LogP contribution in [0.4, 0.5) is 11.4 Å². The number of amides is 2. The number of aryl methyl sites for hydroxylation is 1. The average Bonchev–Trinajstić information content (AvgIpc) is 3.54. The molecule has 6 nitrogen and oxygen atoms in total. The lowest BCUT2D eigenvalue weighted by Crippen LogP contribution is -2.34. The molecule has 2 aromatic rings. The Hall–Kier alpha value is -2.45. The lowest BCUT2D eigenvalue weighted by molar-refractivity contribution is -0.117. The van der Waals surface area contributed by atoms with Crippen LogP contribution in [0.1, 0.15) is 42.6 Å². The molecule has 31 heavy (non-hydrogen) atoms. The molecule has 1 aliphatic rings. The topological polar surface area (TPSA) is 79.5 Å². The maximum atomic E-state index is 12.8. The minimum Gasteiger partial charge on any atom is -0.492 e. The summed E-state index contributed by atoms with van der Waals surface area (Å²) in [6, 6.07) is 10.8. The summed E-state index contributed by atoms with van der Waals surface area (Å²) >= 11 is 8.72. The minimum absolute atomic E-state index is 0.0414. The quantitative estimate of drug-likeness (QED) is 0.448. The molecule has 0 radical (unpaired) electrons. The highest BCUT2D eigenvalue weighted by molar-refractivity contribution is 9.10. The molecule has 0 heterocycles. The van der Waals surface area contributed by atoms with Crippen molar-refractivity contribution >= 4 is 56.4 Å². The highest BCUT2D eigenvalue weighted by atomic mass is 79.9. The first-order valence-electron chi connectivity index (χ1n) is 10.2. The molecule has 8 heteroatoms. The maximum Gasteiger partial charge on any atom is 0.261 e. The Morgan fingerprint density at radius 1 is 1.16 bits per heavy atom. The van der Waals surface area contributed by atoms with E-state index in [1.54, 1.807) is 12.1 Å². The van der Waals surface area contributed by atoms with E-state index in [4.69, 9.17) is 17.0 Å². The maximum absolute atomic E-state index is 12.8. The third kappa shape index (κ3) is 6.77. The van der Waals surface area contributed by atoms with E-state index >= 15 is 0 Å². The second-order valence-electron chi connectivity index (χ2n) is 8.05. The Kier molecular flexibility index (Phi) is 7.67. The van der Waals surface area contributed by atoms with Gasteiger partial charge in [-0.3, -0.25) is 14.9 Å². The number of hydrogen-bond acceptors (Lipinski definition) is 4. The number of ether oxygens (including phenoxy) is 1. The summed E-state index contributed by atoms with van der Waals surface area (Å²) in [5, 5.41) is 8.82. The number of anilines is 2. The van der Waals surface area contributed by atoms with Crippen LogP contribution in [0.2, 0.25) is 0 Å². The van der Waals surface area contributed by atoms with Crippen molar-refractivity contribution in [2.24, 2.45) is 11.8 Å². The highest BCUT2D eigenvalue weighted by Crippen LogP contribution is 2.31. The normalized spacial score (nSPS) is 12.9. The Bertz CT molecular complexity index is 1010. The smallest absolute Gasteiger partial charge is 0.261 e. The molecule has 1 saturated carbocycles. The van der Waals surface area contributed by atoms with Gasteiger partial charge in [-0.05, 0) is 73.8 Å². The van der Waals surface area contributed by atoms with Crippen molar-refractivity contribution < 1.29 is 14.3 Å². The summed E-state index contributed by atoms with van der Waals surface area (Å²) in [6.07, 6.45) is 1.88. The van der Waals surface area contributed by atoms with Crippen molar-refractivity contribution in [3.05, 3.63) is 52.0 Å². The van der Waals surface area contributed by atoms with E-state index in [1.807, 2.05) is 45.0 Å². The number of carbonyl (C=O) groups is 2. The molecule has 0 atom stereocenters. The highest BCUT2D eigenvalue weighted by Gasteiger charge is 2.29. The van der Waals surface area contributed by atoms with E-state index in [2.05, 4.69) is 31.9 Å². The number of halogens is 1. The first-order chi connectivity index (χ1) is 14.7. The molecule has 164 valence electrons. The zero-order valence-corrected chi connectivity index (χ0v) is 20.2. The molecule has 0 bridgehead atoms. The summed E-state index contributed by atoms with van der Waals surface area (Å²) in [5.41, 5.74) is 2.75. The standard InChI is InChI=1S/C23H26BrN3O3S/c1-13(2)12-30-20-9-7-16(24)10-18(20)22(29)27-23(31)25-17-8-4-14(3)19(11-17)26-21(28)15-5-6-15/h4,7-11,13,15H,5-6,12H2,1-3H3,(H,26,28)(H2,25,27,29,31). The predicted octanol–water partition coefficient (Wildman–Crippen LogP) is 5.27. The molecule has 1 aliphatic carbocycles. The summed E-state index contributed by atoms with van der Waals surface area (Å²) in [5.74, 6) is 0.622. The van der Waals surface area contributed by atoms with Crippen LogP contribution in [-0.2, 0) is 4.79 Å². The van der Waals surface area contributed by atoms with Crippen LogP contribution < -0.4 is 20.7 Å². The van der Waals surface area contributed by atoms with Gasteiger partial charge in [0.25, 0.3) is 5.91 Å². The molecular weight excluding hydrogens is 478 g/mol. The van der Waals surface area contributed by atoms with E-state index in [-0.39, 0.29) is 22.8 Å². The lowest BCUT2D eigenvalue weighted by Gasteiger charge is -2.15. The van der Waals surface area contributed by atoms with Gasteiger partial charge in [0.05, 0.1) is 12.2 Å². The van der Waals surface area contributed by atoms with Crippen LogP contribution in [-0.4, -0.2) is 23.5 Å². The summed E-state index contributed by atoms with van der Waals surface area (Å²) in [6.45, 7) is 6.52. The van der Waals surface area contributed by atoms with Crippen molar-refractivity contribution in [2.75, 3.05) is 17.2 Å². The van der Waals surface area contributed by atoms with Crippen molar-refractivity contribution in [3.63, 3.8) is 0 Å². The largest absolute Gasteiger partial charge is 0.492 e. The fraction of sp³-hybridized carbons (Fsp3) is 0.348. The summed E-state index contributed by atoms with van der Waals surface area (Å²) in [7, 11) is 0. The molecule has 2 amide bonds. The van der Waals surface area contributed by atoms with Gasteiger partial charge < -0.3 is 15.4 Å². The van der Waals surface area contributed by atoms with E-state index < -0.39 is 0 Å². The molecule has 0 spiro atoms. The fourth-order valence-electron chi connectivity index (χ4n) is 2.81. The molecule has 0 unspecified atom stereocenters. The van der Waals surface area contributed by atoms with Crippen molar-refractivity contribution in [2.45, 2.75) is 33.6 Å². The first kappa shape index (κ1) is 23.2. The van der Waals surface area contributed by atoms with Gasteiger partial charge in [-0.25, -0.2) is 0 Å². The van der Waals surface area contributed by atoms with Crippen LogP contribution in [0.5, 0.6) is 5.75 Å². The zero-order chi connectivity index (χ0) is 22.5. The van der Waals surface area contributed by atoms with Crippen LogP contribution in [0, 0.1) is 18.8 Å². The van der Waals surface area contributed by atoms with Gasteiger partial charge in [0.15, 0.2) is 5.11 Å². The van der Waals surface area contributed by atoms with Crippen molar-refractivity contribution in [1.82, 2.24) is 5.32 Å². The van der Waals surface area contributed by atoms with Gasteiger partial charge in [0.2, 0.25) is 5.91 Å². The third-order valence-electron chi connectivity index (χ3n) is 4.69. The van der Waals surface area contributed by atoms with Gasteiger partial charge >= 0.3 is 0 Å². The van der Waals surface area contributed by atoms with Crippen LogP contribution in [0.3, 0.4) is 0 Å². The number of rotatable bonds is 7. The van der Waals surface area contributed by atoms with Gasteiger partial charge in [0.1, 0.15) is 5.75 Å². The Balaban J connectivity index is 1.66. The van der Waals surface area contributed by atoms with E-state index in [0.29, 0.717) is 29.5 Å².